The molecule has 2 rings (SSSR count). The fourth-order valence-corrected chi connectivity index (χ4v) is 3.35. The lowest BCUT2D eigenvalue weighted by molar-refractivity contribution is 0.0600. The number of carbonyl (C=O) groups is 1. The molecule has 0 atom stereocenters. The van der Waals surface area contributed by atoms with Crippen molar-refractivity contribution in [3.8, 4) is 0 Å². The van der Waals surface area contributed by atoms with E-state index in [2.05, 4.69) is 4.74 Å². The van der Waals surface area contributed by atoms with Gasteiger partial charge in [0.1, 0.15) is 0 Å². The van der Waals surface area contributed by atoms with Crippen LogP contribution in [0, 0.1) is 0 Å². The minimum atomic E-state index is -4.74. The Labute approximate surface area is 139 Å². The summed E-state index contributed by atoms with van der Waals surface area (Å²) in [4.78, 5) is 10.9. The van der Waals surface area contributed by atoms with Crippen molar-refractivity contribution in [3.63, 3.8) is 0 Å². The third-order valence-electron chi connectivity index (χ3n) is 3.53. The van der Waals surface area contributed by atoms with E-state index < -0.39 is 32.4 Å². The van der Waals surface area contributed by atoms with Crippen LogP contribution in [0.3, 0.4) is 0 Å². The second-order valence-electron chi connectivity index (χ2n) is 5.14. The number of rotatable bonds is 6. The Morgan fingerprint density at radius 1 is 1.04 bits per heavy atom. The monoisotopic (exact) mass is 354 g/mol. The van der Waals surface area contributed by atoms with E-state index in [1.807, 2.05) is 0 Å². The van der Waals surface area contributed by atoms with Crippen molar-refractivity contribution >= 4 is 15.8 Å². The molecule has 0 heterocycles. The van der Waals surface area contributed by atoms with E-state index in [1.54, 1.807) is 6.07 Å². The van der Waals surface area contributed by atoms with E-state index in [0.717, 1.165) is 12.1 Å². The van der Waals surface area contributed by atoms with Gasteiger partial charge in [-0.3, -0.25) is 0 Å². The maximum atomic E-state index is 14.2. The summed E-state index contributed by atoms with van der Waals surface area (Å²) in [5, 5.41) is -3.88. The molecule has 0 aromatic heterocycles. The standard InChI is InChI=1S/C17H16F2O4S/c1-23-16(20)14-9-7-13(8-10-14)11-12-17(18,19)24(21,22)15-5-3-2-4-6-15/h2-10H,11-12H2,1H3. The van der Waals surface area contributed by atoms with E-state index in [0.29, 0.717) is 11.1 Å². The van der Waals surface area contributed by atoms with Gasteiger partial charge in [0.15, 0.2) is 0 Å². The normalized spacial score (nSPS) is 12.0. The van der Waals surface area contributed by atoms with Gasteiger partial charge in [-0.25, -0.2) is 13.2 Å². The van der Waals surface area contributed by atoms with Gasteiger partial charge < -0.3 is 4.74 Å². The van der Waals surface area contributed by atoms with Crippen molar-refractivity contribution in [2.24, 2.45) is 0 Å². The van der Waals surface area contributed by atoms with Crippen molar-refractivity contribution in [1.29, 1.82) is 0 Å². The summed E-state index contributed by atoms with van der Waals surface area (Å²) in [5.74, 6) is -0.529. The van der Waals surface area contributed by atoms with Crippen LogP contribution in [0.5, 0.6) is 0 Å². The highest BCUT2D eigenvalue weighted by Crippen LogP contribution is 2.33. The van der Waals surface area contributed by atoms with Gasteiger partial charge in [-0.15, -0.1) is 0 Å². The van der Waals surface area contributed by atoms with Gasteiger partial charge in [0.05, 0.1) is 17.6 Å². The lowest BCUT2D eigenvalue weighted by atomic mass is 10.1. The van der Waals surface area contributed by atoms with Crippen LogP contribution in [0.2, 0.25) is 0 Å². The van der Waals surface area contributed by atoms with Crippen LogP contribution in [0.15, 0.2) is 59.5 Å². The topological polar surface area (TPSA) is 60.4 Å². The molecule has 24 heavy (non-hydrogen) atoms. The first kappa shape index (κ1) is 18.1. The fourth-order valence-electron chi connectivity index (χ4n) is 2.12. The maximum Gasteiger partial charge on any atom is 0.350 e. The first-order valence-electron chi connectivity index (χ1n) is 7.13. The first-order chi connectivity index (χ1) is 11.3. The largest absolute Gasteiger partial charge is 0.465 e. The zero-order valence-corrected chi connectivity index (χ0v) is 13.7. The van der Waals surface area contributed by atoms with E-state index in [-0.39, 0.29) is 6.42 Å². The summed E-state index contributed by atoms with van der Waals surface area (Å²) in [6.07, 6.45) is -0.984. The zero-order valence-electron chi connectivity index (χ0n) is 12.9. The molecule has 0 N–H and O–H groups in total. The molecule has 0 saturated heterocycles. The van der Waals surface area contributed by atoms with Gasteiger partial charge in [0.2, 0.25) is 9.84 Å². The van der Waals surface area contributed by atoms with Crippen LogP contribution in [0.25, 0.3) is 0 Å². The van der Waals surface area contributed by atoms with Crippen LogP contribution in [0.4, 0.5) is 8.78 Å². The molecule has 0 amide bonds. The summed E-state index contributed by atoms with van der Waals surface area (Å²) in [6, 6.07) is 12.5. The molecule has 4 nitrogen and oxygen atoms in total. The maximum absolute atomic E-state index is 14.2. The highest BCUT2D eigenvalue weighted by molar-refractivity contribution is 7.92. The third kappa shape index (κ3) is 3.79. The molecule has 7 heteroatoms. The Morgan fingerprint density at radius 3 is 2.17 bits per heavy atom. The van der Waals surface area contributed by atoms with Crippen molar-refractivity contribution in [3.05, 3.63) is 65.7 Å². The summed E-state index contributed by atoms with van der Waals surface area (Å²) < 4.78 is 57.0. The van der Waals surface area contributed by atoms with Gasteiger partial charge in [0.25, 0.3) is 0 Å². The summed E-state index contributed by atoms with van der Waals surface area (Å²) in [6.45, 7) is 0. The predicted octanol–water partition coefficient (Wildman–Crippen LogP) is 3.47. The predicted molar refractivity (Wildman–Crippen MR) is 84.7 cm³/mol. The Kier molecular flexibility index (Phi) is 5.33. The molecule has 0 spiro atoms. The molecule has 0 fully saturated rings. The Balaban J connectivity index is 2.11. The van der Waals surface area contributed by atoms with Crippen LogP contribution < -0.4 is 0 Å². The minimum absolute atomic E-state index is 0.138. The molecule has 0 unspecified atom stereocenters. The number of alkyl halides is 2. The van der Waals surface area contributed by atoms with E-state index >= 15 is 0 Å². The molecular formula is C17H16F2O4S. The van der Waals surface area contributed by atoms with Gasteiger partial charge >= 0.3 is 11.2 Å². The lowest BCUT2D eigenvalue weighted by Gasteiger charge is -2.17. The zero-order chi connectivity index (χ0) is 17.8. The van der Waals surface area contributed by atoms with Gasteiger partial charge in [-0.2, -0.15) is 8.78 Å². The van der Waals surface area contributed by atoms with Crippen LogP contribution in [-0.4, -0.2) is 26.8 Å². The number of benzene rings is 2. The number of aryl methyl sites for hydroxylation is 1. The molecule has 0 radical (unpaired) electrons. The Hall–Kier alpha value is -2.28. The second-order valence-corrected chi connectivity index (χ2v) is 7.22. The fraction of sp³-hybridized carbons (Fsp3) is 0.235. The van der Waals surface area contributed by atoms with Crippen molar-refractivity contribution in [2.45, 2.75) is 23.0 Å². The van der Waals surface area contributed by atoms with Crippen molar-refractivity contribution in [2.75, 3.05) is 7.11 Å². The van der Waals surface area contributed by atoms with Crippen LogP contribution in [0.1, 0.15) is 22.3 Å². The lowest BCUT2D eigenvalue weighted by Crippen LogP contribution is -2.29. The number of hydrogen-bond acceptors (Lipinski definition) is 4. The third-order valence-corrected chi connectivity index (χ3v) is 5.41. The second kappa shape index (κ2) is 7.09. The highest BCUT2D eigenvalue weighted by atomic mass is 32.2. The van der Waals surface area contributed by atoms with E-state index in [9.17, 15) is 22.0 Å². The summed E-state index contributed by atoms with van der Waals surface area (Å²) in [5.41, 5.74) is 0.801. The summed E-state index contributed by atoms with van der Waals surface area (Å²) >= 11 is 0. The number of ether oxygens (including phenoxy) is 1. The number of methoxy groups -OCH3 is 1. The number of sulfone groups is 1. The van der Waals surface area contributed by atoms with Crippen molar-refractivity contribution < 1.29 is 26.7 Å². The quantitative estimate of drug-likeness (QED) is 0.745. The number of carbonyl (C=O) groups excluding carboxylic acids is 1. The van der Waals surface area contributed by atoms with E-state index in [1.165, 1.54) is 43.5 Å². The van der Waals surface area contributed by atoms with Gasteiger partial charge in [0, 0.05) is 6.42 Å². The minimum Gasteiger partial charge on any atom is -0.465 e. The average Bonchev–Trinajstić information content (AvgIpc) is 2.60. The number of hydrogen-bond donors (Lipinski definition) is 0. The smallest absolute Gasteiger partial charge is 0.350 e. The van der Waals surface area contributed by atoms with Gasteiger partial charge in [-0.05, 0) is 36.2 Å². The molecule has 0 aliphatic carbocycles. The molecule has 0 bridgehead atoms. The highest BCUT2D eigenvalue weighted by Gasteiger charge is 2.45. The molecule has 0 saturated carbocycles. The first-order valence-corrected chi connectivity index (χ1v) is 8.61. The Morgan fingerprint density at radius 2 is 1.62 bits per heavy atom. The molecule has 2 aromatic rings. The molecular weight excluding hydrogens is 338 g/mol. The Bertz CT molecular complexity index is 800. The molecule has 0 aliphatic rings. The molecule has 0 aliphatic heterocycles. The average molecular weight is 354 g/mol. The number of esters is 1. The van der Waals surface area contributed by atoms with Gasteiger partial charge in [-0.1, -0.05) is 30.3 Å². The molecule has 128 valence electrons. The van der Waals surface area contributed by atoms with Crippen LogP contribution >= 0.6 is 0 Å². The number of halogens is 2. The van der Waals surface area contributed by atoms with E-state index in [4.69, 9.17) is 0 Å². The SMILES string of the molecule is COC(=O)c1ccc(CCC(F)(F)S(=O)(=O)c2ccccc2)cc1. The molecule has 2 aromatic carbocycles. The summed E-state index contributed by atoms with van der Waals surface area (Å²) in [7, 11) is -3.50. The van der Waals surface area contributed by atoms with Crippen LogP contribution in [-0.2, 0) is 21.0 Å². The van der Waals surface area contributed by atoms with Crippen molar-refractivity contribution in [1.82, 2.24) is 0 Å².